The second kappa shape index (κ2) is 6.99. The van der Waals surface area contributed by atoms with Gasteiger partial charge in [-0.05, 0) is 41.0 Å². The number of anilines is 2. The van der Waals surface area contributed by atoms with Gasteiger partial charge in [0.2, 0.25) is 0 Å². The fourth-order valence-corrected chi connectivity index (χ4v) is 3.28. The Bertz CT molecular complexity index is 978. The van der Waals surface area contributed by atoms with Crippen molar-refractivity contribution in [2.24, 2.45) is 0 Å². The quantitative estimate of drug-likeness (QED) is 0.622. The van der Waals surface area contributed by atoms with Crippen molar-refractivity contribution in [1.82, 2.24) is 9.88 Å². The number of phenolic OH excluding ortho intramolecular Hbond substituents is 1. The normalized spacial score (nSPS) is 12.7. The van der Waals surface area contributed by atoms with Crippen molar-refractivity contribution in [3.63, 3.8) is 0 Å². The summed E-state index contributed by atoms with van der Waals surface area (Å²) in [5, 5.41) is 13.0. The number of nitrogens with one attached hydrogen (secondary N) is 1. The molecule has 1 aliphatic rings. The van der Waals surface area contributed by atoms with Crippen LogP contribution in [0.5, 0.6) is 5.75 Å². The van der Waals surface area contributed by atoms with Crippen LogP contribution in [0.1, 0.15) is 27.2 Å². The molecule has 4 rings (SSSR count). The number of nitrogens with two attached hydrogens (primary N) is 1. The predicted octanol–water partition coefficient (Wildman–Crippen LogP) is 3.14. The molecule has 0 radical (unpaired) electrons. The molecule has 3 aromatic rings. The molecule has 6 nitrogen and oxygen atoms in total. The molecule has 0 saturated heterocycles. The van der Waals surface area contributed by atoms with Crippen molar-refractivity contribution in [3.8, 4) is 5.75 Å². The zero-order chi connectivity index (χ0) is 18.8. The first kappa shape index (κ1) is 16.9. The van der Waals surface area contributed by atoms with Gasteiger partial charge in [-0.15, -0.1) is 0 Å². The van der Waals surface area contributed by atoms with Gasteiger partial charge in [-0.2, -0.15) is 0 Å². The first-order valence-corrected chi connectivity index (χ1v) is 8.74. The Balaban J connectivity index is 1.51. The number of amides is 1. The maximum atomic E-state index is 12.9. The molecule has 0 aliphatic carbocycles. The smallest absolute Gasteiger partial charge is 0.273 e. The monoisotopic (exact) mass is 360 g/mol. The van der Waals surface area contributed by atoms with Gasteiger partial charge in [0.1, 0.15) is 17.3 Å². The number of carbonyl (C=O) groups excluding carboxylic acids is 1. The first-order chi connectivity index (χ1) is 13.1. The molecule has 1 aromatic heterocycles. The summed E-state index contributed by atoms with van der Waals surface area (Å²) < 4.78 is 0. The van der Waals surface area contributed by atoms with E-state index in [1.165, 1.54) is 0 Å². The van der Waals surface area contributed by atoms with E-state index >= 15 is 0 Å². The van der Waals surface area contributed by atoms with E-state index in [0.29, 0.717) is 36.8 Å². The molecule has 2 heterocycles. The number of para-hydroxylation sites is 2. The molecule has 1 amide bonds. The van der Waals surface area contributed by atoms with Crippen LogP contribution >= 0.6 is 0 Å². The second-order valence-corrected chi connectivity index (χ2v) is 6.59. The maximum absolute atomic E-state index is 12.9. The molecule has 0 bridgehead atoms. The summed E-state index contributed by atoms with van der Waals surface area (Å²) in [5.41, 5.74) is 10.0. The van der Waals surface area contributed by atoms with Gasteiger partial charge in [0.15, 0.2) is 0 Å². The third kappa shape index (κ3) is 3.55. The van der Waals surface area contributed by atoms with E-state index in [1.54, 1.807) is 35.2 Å². The first-order valence-electron chi connectivity index (χ1n) is 8.74. The fourth-order valence-electron chi connectivity index (χ4n) is 3.28. The van der Waals surface area contributed by atoms with Crippen molar-refractivity contribution < 1.29 is 9.90 Å². The summed E-state index contributed by atoms with van der Waals surface area (Å²) in [6.45, 7) is 1.58. The number of benzene rings is 2. The van der Waals surface area contributed by atoms with Gasteiger partial charge < -0.3 is 21.1 Å². The lowest BCUT2D eigenvalue weighted by Crippen LogP contribution is -2.26. The number of carbonyl (C=O) groups is 1. The lowest BCUT2D eigenvalue weighted by molar-refractivity contribution is 0.0745. The number of phenols is 1. The molecule has 0 unspecified atom stereocenters. The van der Waals surface area contributed by atoms with E-state index in [4.69, 9.17) is 5.73 Å². The van der Waals surface area contributed by atoms with E-state index in [1.807, 2.05) is 30.3 Å². The van der Waals surface area contributed by atoms with E-state index in [2.05, 4.69) is 10.3 Å². The van der Waals surface area contributed by atoms with Crippen LogP contribution in [0.3, 0.4) is 0 Å². The van der Waals surface area contributed by atoms with Gasteiger partial charge in [-0.1, -0.05) is 36.4 Å². The highest BCUT2D eigenvalue weighted by atomic mass is 16.3. The van der Waals surface area contributed by atoms with Crippen LogP contribution < -0.4 is 11.1 Å². The topological polar surface area (TPSA) is 91.5 Å². The number of aromatic nitrogens is 1. The Hall–Kier alpha value is -3.54. The van der Waals surface area contributed by atoms with E-state index in [9.17, 15) is 9.90 Å². The van der Waals surface area contributed by atoms with Gasteiger partial charge in [-0.3, -0.25) is 4.79 Å². The molecular formula is C21H20N4O2. The number of hydrogen-bond donors (Lipinski definition) is 3. The number of fused-ring (bicyclic) bond motifs is 1. The summed E-state index contributed by atoms with van der Waals surface area (Å²) in [7, 11) is 0. The molecule has 136 valence electrons. The lowest BCUT2D eigenvalue weighted by Gasteiger charge is -2.16. The molecule has 4 N–H and O–H groups in total. The van der Waals surface area contributed by atoms with Crippen LogP contribution in [0.4, 0.5) is 11.5 Å². The van der Waals surface area contributed by atoms with Crippen molar-refractivity contribution in [1.29, 1.82) is 0 Å². The second-order valence-electron chi connectivity index (χ2n) is 6.59. The Kier molecular flexibility index (Phi) is 4.38. The lowest BCUT2D eigenvalue weighted by atomic mass is 10.1. The van der Waals surface area contributed by atoms with Crippen LogP contribution in [0.2, 0.25) is 0 Å². The van der Waals surface area contributed by atoms with Gasteiger partial charge in [-0.25, -0.2) is 4.98 Å². The number of nitrogen functional groups attached to an aromatic ring is 1. The Morgan fingerprint density at radius 3 is 2.44 bits per heavy atom. The van der Waals surface area contributed by atoms with Gasteiger partial charge in [0.25, 0.3) is 5.91 Å². The summed E-state index contributed by atoms with van der Waals surface area (Å²) in [6.07, 6.45) is 0. The third-order valence-electron chi connectivity index (χ3n) is 4.64. The highest BCUT2D eigenvalue weighted by molar-refractivity contribution is 5.93. The summed E-state index contributed by atoms with van der Waals surface area (Å²) in [4.78, 5) is 18.9. The number of hydrogen-bond acceptors (Lipinski definition) is 5. The van der Waals surface area contributed by atoms with Crippen LogP contribution in [0, 0.1) is 0 Å². The minimum atomic E-state index is -0.137. The molecule has 2 aromatic carbocycles. The average molecular weight is 360 g/mol. The van der Waals surface area contributed by atoms with Gasteiger partial charge in [0, 0.05) is 19.6 Å². The van der Waals surface area contributed by atoms with Crippen LogP contribution in [-0.2, 0) is 19.6 Å². The fraction of sp³-hybridized carbons (Fsp3) is 0.143. The molecular weight excluding hydrogens is 340 g/mol. The number of nitrogens with zero attached hydrogens (tertiary/aromatic N) is 2. The largest absolute Gasteiger partial charge is 0.506 e. The minimum Gasteiger partial charge on any atom is -0.506 e. The molecule has 0 atom stereocenters. The Labute approximate surface area is 157 Å². The maximum Gasteiger partial charge on any atom is 0.273 e. The van der Waals surface area contributed by atoms with E-state index in [-0.39, 0.29) is 11.7 Å². The molecule has 27 heavy (non-hydrogen) atoms. The summed E-state index contributed by atoms with van der Waals surface area (Å²) in [6, 6.07) is 18.5. The Morgan fingerprint density at radius 2 is 1.74 bits per heavy atom. The van der Waals surface area contributed by atoms with Crippen molar-refractivity contribution in [2.45, 2.75) is 19.6 Å². The van der Waals surface area contributed by atoms with Crippen LogP contribution in [0.15, 0.2) is 60.7 Å². The summed E-state index contributed by atoms with van der Waals surface area (Å²) >= 11 is 0. The molecule has 0 fully saturated rings. The SMILES string of the molecule is Nc1cc(CNc2ccccc2O)cc(C(=O)N2Cc3ccccc3C2)n1. The van der Waals surface area contributed by atoms with Gasteiger partial charge in [0.05, 0.1) is 5.69 Å². The van der Waals surface area contributed by atoms with E-state index < -0.39 is 0 Å². The van der Waals surface area contributed by atoms with Crippen LogP contribution in [-0.4, -0.2) is 20.9 Å². The predicted molar refractivity (Wildman–Crippen MR) is 104 cm³/mol. The van der Waals surface area contributed by atoms with Gasteiger partial charge >= 0.3 is 0 Å². The van der Waals surface area contributed by atoms with Crippen LogP contribution in [0.25, 0.3) is 0 Å². The number of aromatic hydroxyl groups is 1. The highest BCUT2D eigenvalue weighted by Gasteiger charge is 2.25. The zero-order valence-electron chi connectivity index (χ0n) is 14.7. The van der Waals surface area contributed by atoms with Crippen molar-refractivity contribution >= 4 is 17.4 Å². The van der Waals surface area contributed by atoms with Crippen molar-refractivity contribution in [3.05, 3.63) is 83.0 Å². The average Bonchev–Trinajstić information content (AvgIpc) is 3.10. The molecule has 0 spiro atoms. The molecule has 1 aliphatic heterocycles. The molecule has 6 heteroatoms. The Morgan fingerprint density at radius 1 is 1.07 bits per heavy atom. The third-order valence-corrected chi connectivity index (χ3v) is 4.64. The highest BCUT2D eigenvalue weighted by Crippen LogP contribution is 2.25. The zero-order valence-corrected chi connectivity index (χ0v) is 14.7. The minimum absolute atomic E-state index is 0.137. The number of pyridine rings is 1. The van der Waals surface area contributed by atoms with E-state index in [0.717, 1.165) is 16.7 Å². The van der Waals surface area contributed by atoms with Crippen molar-refractivity contribution in [2.75, 3.05) is 11.1 Å². The summed E-state index contributed by atoms with van der Waals surface area (Å²) in [5.74, 6) is 0.333. The number of rotatable bonds is 4. The molecule has 0 saturated carbocycles. The standard InChI is InChI=1S/C21H20N4O2/c22-20-10-14(11-23-17-7-3-4-8-19(17)26)9-18(24-20)21(27)25-12-15-5-1-2-6-16(15)13-25/h1-10,23,26H,11-13H2,(H2,22,24).